The first kappa shape index (κ1) is 14.0. The fourth-order valence-electron chi connectivity index (χ4n) is 0.658. The number of nitrogens with zero attached hydrogens (tertiary/aromatic N) is 1. The summed E-state index contributed by atoms with van der Waals surface area (Å²) >= 11 is 0. The summed E-state index contributed by atoms with van der Waals surface area (Å²) in [4.78, 5) is 14.0. The molecule has 0 amide bonds. The van der Waals surface area contributed by atoms with E-state index in [0.717, 1.165) is 0 Å². The molecule has 7 heteroatoms. The van der Waals surface area contributed by atoms with Crippen molar-refractivity contribution < 1.29 is 20.9 Å². The number of hydrogen-bond donors (Lipinski definition) is 1. The predicted octanol–water partition coefficient (Wildman–Crippen LogP) is 2.77. The summed E-state index contributed by atoms with van der Waals surface area (Å²) in [6.45, 7) is 0. The second-order valence-corrected chi connectivity index (χ2v) is 7.19. The van der Waals surface area contributed by atoms with Gasteiger partial charge in [-0.2, -0.15) is 0 Å². The summed E-state index contributed by atoms with van der Waals surface area (Å²) in [6, 6.07) is 5.21. The van der Waals surface area contributed by atoms with Gasteiger partial charge < -0.3 is 5.11 Å². The molecule has 1 rings (SSSR count). The van der Waals surface area contributed by atoms with Crippen molar-refractivity contribution in [2.24, 2.45) is 0 Å². The summed E-state index contributed by atoms with van der Waals surface area (Å²) in [5.74, 6) is -0.848. The van der Waals surface area contributed by atoms with Gasteiger partial charge in [-0.05, 0) is 12.1 Å². The van der Waals surface area contributed by atoms with Crippen molar-refractivity contribution in [1.82, 2.24) is 4.98 Å². The van der Waals surface area contributed by atoms with Crippen molar-refractivity contribution in [3.05, 3.63) is 30.1 Å². The molecule has 0 saturated carbocycles. The van der Waals surface area contributed by atoms with E-state index < -0.39 is 16.9 Å². The molecule has 1 aromatic heterocycles. The van der Waals surface area contributed by atoms with Crippen molar-refractivity contribution in [3.63, 3.8) is 0 Å². The van der Waals surface area contributed by atoms with E-state index in [0.29, 0.717) is 5.69 Å². The molecule has 14 heavy (non-hydrogen) atoms. The molecule has 0 saturated heterocycles. The van der Waals surface area contributed by atoms with Crippen LogP contribution in [0.4, 0.5) is 0 Å². The molecule has 0 aliphatic heterocycles. The molecule has 0 atom stereocenters. The number of carbonyl (C=O) groups is 1. The van der Waals surface area contributed by atoms with Crippen LogP contribution in [0.1, 0.15) is 5.69 Å². The Balaban J connectivity index is 0.000000364. The number of aliphatic carboxylic acids is 1. The standard InChI is InChI=1S/C7H7NO2.3ClH.Co/c9-7(10)5-6-3-1-2-4-8-6;;;;/h1-4H,5H2,(H,9,10);3*1H;/q;;;;+3/p-3. The molecule has 3 nitrogen and oxygen atoms in total. The zero-order chi connectivity index (χ0) is 11.0. The summed E-state index contributed by atoms with van der Waals surface area (Å²) < 4.78 is 0. The van der Waals surface area contributed by atoms with Crippen LogP contribution >= 0.6 is 30.4 Å². The summed E-state index contributed by atoms with van der Waals surface area (Å²) in [5, 5.41) is 8.33. The molecule has 0 aliphatic carbocycles. The van der Waals surface area contributed by atoms with Gasteiger partial charge in [0.15, 0.2) is 0 Å². The minimum absolute atomic E-state index is 0.000833. The van der Waals surface area contributed by atoms with E-state index in [4.69, 9.17) is 35.5 Å². The van der Waals surface area contributed by atoms with Crippen molar-refractivity contribution in [1.29, 1.82) is 0 Å². The molecule has 0 aliphatic rings. The Morgan fingerprint density at radius 3 is 2.36 bits per heavy atom. The maximum absolute atomic E-state index is 10.1. The van der Waals surface area contributed by atoms with Crippen LogP contribution in [-0.4, -0.2) is 16.1 Å². The molecule has 0 aromatic carbocycles. The third kappa shape index (κ3) is 10.1. The minimum atomic E-state index is -1.19. The molecular weight excluding hydrogens is 295 g/mol. The number of rotatable bonds is 2. The Hall–Kier alpha value is -0.00351. The number of pyridine rings is 1. The van der Waals surface area contributed by atoms with Gasteiger partial charge in [0, 0.05) is 6.20 Å². The first-order valence-corrected chi connectivity index (χ1v) is 7.58. The van der Waals surface area contributed by atoms with Gasteiger partial charge in [0.2, 0.25) is 0 Å². The molecule has 0 radical (unpaired) electrons. The van der Waals surface area contributed by atoms with Crippen LogP contribution in [0.5, 0.6) is 0 Å². The van der Waals surface area contributed by atoms with Crippen LogP contribution in [0.3, 0.4) is 0 Å². The fourth-order valence-corrected chi connectivity index (χ4v) is 0.658. The van der Waals surface area contributed by atoms with E-state index in [2.05, 4.69) is 4.98 Å². The molecule has 0 bridgehead atoms. The quantitative estimate of drug-likeness (QED) is 0.914. The van der Waals surface area contributed by atoms with Gasteiger partial charge in [0.1, 0.15) is 0 Å². The van der Waals surface area contributed by atoms with E-state index in [-0.39, 0.29) is 6.42 Å². The van der Waals surface area contributed by atoms with E-state index in [1.807, 2.05) is 0 Å². The molecule has 1 N–H and O–H groups in total. The van der Waals surface area contributed by atoms with Gasteiger partial charge in [-0.1, -0.05) is 6.07 Å². The topological polar surface area (TPSA) is 50.2 Å². The second kappa shape index (κ2) is 8.32. The van der Waals surface area contributed by atoms with Gasteiger partial charge >= 0.3 is 47.4 Å². The van der Waals surface area contributed by atoms with Crippen LogP contribution in [0.2, 0.25) is 0 Å². The molecule has 82 valence electrons. The van der Waals surface area contributed by atoms with Crippen LogP contribution in [0.15, 0.2) is 24.4 Å². The Morgan fingerprint density at radius 1 is 1.43 bits per heavy atom. The summed E-state index contributed by atoms with van der Waals surface area (Å²) in [5.41, 5.74) is 0.593. The average molecular weight is 302 g/mol. The van der Waals surface area contributed by atoms with E-state index >= 15 is 0 Å². The number of aromatic nitrogens is 1. The second-order valence-electron chi connectivity index (χ2n) is 2.03. The Labute approximate surface area is 98.5 Å². The van der Waals surface area contributed by atoms with Crippen LogP contribution < -0.4 is 0 Å². The SMILES string of the molecule is O=C(O)Cc1ccccn1.[Cl][Co]([Cl])[Cl]. The Kier molecular flexibility index (Phi) is 8.31. The summed E-state index contributed by atoms with van der Waals surface area (Å²) in [6.07, 6.45) is 1.58. The number of halogens is 3. The van der Waals surface area contributed by atoms with E-state index in [9.17, 15) is 4.79 Å². The van der Waals surface area contributed by atoms with Gasteiger partial charge in [-0.3, -0.25) is 9.78 Å². The number of carboxylic acids is 1. The maximum atomic E-state index is 10.1. The monoisotopic (exact) mass is 301 g/mol. The van der Waals surface area contributed by atoms with Crippen molar-refractivity contribution >= 4 is 36.4 Å². The van der Waals surface area contributed by atoms with E-state index in [1.165, 1.54) is 0 Å². The first-order chi connectivity index (χ1) is 6.52. The van der Waals surface area contributed by atoms with E-state index in [1.54, 1.807) is 24.4 Å². The van der Waals surface area contributed by atoms with Crippen molar-refractivity contribution in [2.45, 2.75) is 6.42 Å². The predicted molar refractivity (Wildman–Crippen MR) is 53.1 cm³/mol. The average Bonchev–Trinajstić information content (AvgIpc) is 2.03. The van der Waals surface area contributed by atoms with Crippen LogP contribution in [0, 0.1) is 0 Å². The molecule has 1 aromatic rings. The zero-order valence-corrected chi connectivity index (χ0v) is 10.1. The molecule has 1 heterocycles. The zero-order valence-electron chi connectivity index (χ0n) is 6.79. The molecule has 0 fully saturated rings. The number of carboxylic acid groups (broad SMARTS) is 1. The van der Waals surface area contributed by atoms with Crippen LogP contribution in [-0.2, 0) is 22.2 Å². The van der Waals surface area contributed by atoms with Crippen molar-refractivity contribution in [3.8, 4) is 0 Å². The van der Waals surface area contributed by atoms with Gasteiger partial charge in [0.05, 0.1) is 12.1 Å². The first-order valence-electron chi connectivity index (χ1n) is 3.28. The number of hydrogen-bond acceptors (Lipinski definition) is 2. The third-order valence-corrected chi connectivity index (χ3v) is 1.06. The van der Waals surface area contributed by atoms with Gasteiger partial charge in [-0.25, -0.2) is 0 Å². The molecule has 0 unspecified atom stereocenters. The van der Waals surface area contributed by atoms with Gasteiger partial charge in [0.25, 0.3) is 0 Å². The van der Waals surface area contributed by atoms with Gasteiger partial charge in [-0.15, -0.1) is 0 Å². The van der Waals surface area contributed by atoms with Crippen LogP contribution in [0.25, 0.3) is 0 Å². The van der Waals surface area contributed by atoms with Crippen molar-refractivity contribution in [2.75, 3.05) is 0 Å². The molecular formula is C7H7Cl3CoNO2. The Morgan fingerprint density at radius 2 is 2.00 bits per heavy atom. The summed E-state index contributed by atoms with van der Waals surface area (Å²) in [7, 11) is 13.4. The fraction of sp³-hybridized carbons (Fsp3) is 0.143. The molecule has 0 spiro atoms. The Bertz CT molecular complexity index is 268. The normalized spacial score (nSPS) is 9.79. The third-order valence-electron chi connectivity index (χ3n) is 1.06.